The molecule has 0 aromatic heterocycles. The number of ketones is 2. The normalized spacial score (nSPS) is 10.1. The van der Waals surface area contributed by atoms with Crippen molar-refractivity contribution < 1.29 is 19.1 Å². The van der Waals surface area contributed by atoms with Crippen LogP contribution in [0.5, 0.6) is 0 Å². The average Bonchev–Trinajstić information content (AvgIpc) is 2.53. The predicted octanol–water partition coefficient (Wildman–Crippen LogP) is 3.45. The van der Waals surface area contributed by atoms with E-state index in [0.29, 0.717) is 16.7 Å². The molecule has 112 valence electrons. The lowest BCUT2D eigenvalue weighted by atomic mass is 10.1. The second kappa shape index (κ2) is 6.80. The molecule has 2 aromatic carbocycles. The van der Waals surface area contributed by atoms with E-state index in [1.807, 2.05) is 0 Å². The monoisotopic (exact) mass is 296 g/mol. The Morgan fingerprint density at radius 2 is 1.14 bits per heavy atom. The standard InChI is InChI=1S/C18H16O4/c1-12(19)15-5-3-14(4-6-15)11-22-18(21)17-9-7-16(8-10-17)13(2)20/h3-10H,11H2,1-2H3. The third-order valence-corrected chi connectivity index (χ3v) is 3.26. The number of rotatable bonds is 5. The Morgan fingerprint density at radius 3 is 1.59 bits per heavy atom. The van der Waals surface area contributed by atoms with E-state index >= 15 is 0 Å². The zero-order valence-corrected chi connectivity index (χ0v) is 12.5. The molecule has 0 aliphatic carbocycles. The van der Waals surface area contributed by atoms with E-state index in [1.54, 1.807) is 48.5 Å². The number of ether oxygens (including phenoxy) is 1. The minimum Gasteiger partial charge on any atom is -0.457 e. The minimum atomic E-state index is -0.453. The SMILES string of the molecule is CC(=O)c1ccc(COC(=O)c2ccc(C(C)=O)cc2)cc1. The van der Waals surface area contributed by atoms with E-state index in [2.05, 4.69) is 0 Å². The highest BCUT2D eigenvalue weighted by Crippen LogP contribution is 2.10. The lowest BCUT2D eigenvalue weighted by Gasteiger charge is -2.06. The molecule has 2 rings (SSSR count). The number of benzene rings is 2. The van der Waals surface area contributed by atoms with E-state index in [4.69, 9.17) is 4.74 Å². The lowest BCUT2D eigenvalue weighted by Crippen LogP contribution is -2.06. The van der Waals surface area contributed by atoms with Gasteiger partial charge in [0, 0.05) is 11.1 Å². The molecule has 0 N–H and O–H groups in total. The first-order chi connectivity index (χ1) is 10.5. The van der Waals surface area contributed by atoms with E-state index in [1.165, 1.54) is 13.8 Å². The summed E-state index contributed by atoms with van der Waals surface area (Å²) in [5.41, 5.74) is 2.37. The van der Waals surface area contributed by atoms with Gasteiger partial charge < -0.3 is 4.74 Å². The first-order valence-corrected chi connectivity index (χ1v) is 6.85. The van der Waals surface area contributed by atoms with Crippen molar-refractivity contribution in [3.05, 3.63) is 70.8 Å². The van der Waals surface area contributed by atoms with Gasteiger partial charge in [-0.3, -0.25) is 9.59 Å². The minimum absolute atomic E-state index is 0.00546. The van der Waals surface area contributed by atoms with Crippen molar-refractivity contribution in [3.8, 4) is 0 Å². The zero-order valence-electron chi connectivity index (χ0n) is 12.5. The zero-order chi connectivity index (χ0) is 16.1. The van der Waals surface area contributed by atoms with Crippen LogP contribution in [0.1, 0.15) is 50.5 Å². The second-order valence-electron chi connectivity index (χ2n) is 4.96. The molecular formula is C18H16O4. The van der Waals surface area contributed by atoms with Gasteiger partial charge in [-0.1, -0.05) is 36.4 Å². The van der Waals surface area contributed by atoms with Gasteiger partial charge in [0.05, 0.1) is 5.56 Å². The van der Waals surface area contributed by atoms with Crippen LogP contribution in [-0.4, -0.2) is 17.5 Å². The molecule has 0 bridgehead atoms. The molecule has 0 spiro atoms. The van der Waals surface area contributed by atoms with E-state index in [-0.39, 0.29) is 18.2 Å². The van der Waals surface area contributed by atoms with Crippen LogP contribution in [0.2, 0.25) is 0 Å². The summed E-state index contributed by atoms with van der Waals surface area (Å²) in [5, 5.41) is 0. The number of hydrogen-bond donors (Lipinski definition) is 0. The van der Waals surface area contributed by atoms with Crippen molar-refractivity contribution >= 4 is 17.5 Å². The first kappa shape index (κ1) is 15.6. The van der Waals surface area contributed by atoms with Gasteiger partial charge in [-0.2, -0.15) is 0 Å². The van der Waals surface area contributed by atoms with E-state index < -0.39 is 5.97 Å². The molecule has 4 nitrogen and oxygen atoms in total. The van der Waals surface area contributed by atoms with Gasteiger partial charge in [-0.15, -0.1) is 0 Å². The van der Waals surface area contributed by atoms with Crippen LogP contribution in [0.25, 0.3) is 0 Å². The van der Waals surface area contributed by atoms with Crippen molar-refractivity contribution in [2.75, 3.05) is 0 Å². The fourth-order valence-corrected chi connectivity index (χ4v) is 1.91. The summed E-state index contributed by atoms with van der Waals surface area (Å²) in [4.78, 5) is 34.3. The Labute approximate surface area is 128 Å². The first-order valence-electron chi connectivity index (χ1n) is 6.85. The third-order valence-electron chi connectivity index (χ3n) is 3.26. The summed E-state index contributed by atoms with van der Waals surface area (Å²) < 4.78 is 5.21. The molecule has 0 saturated heterocycles. The quantitative estimate of drug-likeness (QED) is 0.626. The van der Waals surface area contributed by atoms with E-state index in [0.717, 1.165) is 5.56 Å². The molecule has 0 heterocycles. The Balaban J connectivity index is 1.97. The summed E-state index contributed by atoms with van der Waals surface area (Å²) in [6, 6.07) is 13.2. The van der Waals surface area contributed by atoms with Crippen LogP contribution in [0.4, 0.5) is 0 Å². The van der Waals surface area contributed by atoms with Gasteiger partial charge >= 0.3 is 5.97 Å². The Kier molecular flexibility index (Phi) is 4.84. The van der Waals surface area contributed by atoms with Gasteiger partial charge in [0.25, 0.3) is 0 Å². The number of hydrogen-bond acceptors (Lipinski definition) is 4. The fraction of sp³-hybridized carbons (Fsp3) is 0.167. The predicted molar refractivity (Wildman–Crippen MR) is 82.0 cm³/mol. The number of Topliss-reactive ketones (excluding diaryl/α,β-unsaturated/α-hetero) is 2. The molecule has 0 fully saturated rings. The number of carbonyl (C=O) groups is 3. The average molecular weight is 296 g/mol. The van der Waals surface area contributed by atoms with Crippen molar-refractivity contribution in [3.63, 3.8) is 0 Å². The molecule has 0 amide bonds. The molecule has 0 saturated carbocycles. The van der Waals surface area contributed by atoms with Crippen LogP contribution < -0.4 is 0 Å². The molecule has 22 heavy (non-hydrogen) atoms. The Hall–Kier alpha value is -2.75. The topological polar surface area (TPSA) is 60.4 Å². The second-order valence-corrected chi connectivity index (χ2v) is 4.96. The van der Waals surface area contributed by atoms with Gasteiger partial charge in [-0.05, 0) is 31.5 Å². The number of esters is 1. The molecule has 2 aromatic rings. The maximum atomic E-state index is 11.9. The van der Waals surface area contributed by atoms with Gasteiger partial charge in [0.1, 0.15) is 6.61 Å². The molecule has 0 aliphatic rings. The summed E-state index contributed by atoms with van der Waals surface area (Å²) in [6.45, 7) is 3.10. The maximum absolute atomic E-state index is 11.9. The summed E-state index contributed by atoms with van der Waals surface area (Å²) in [7, 11) is 0. The van der Waals surface area contributed by atoms with Crippen LogP contribution in [0, 0.1) is 0 Å². The lowest BCUT2D eigenvalue weighted by molar-refractivity contribution is 0.0472. The van der Waals surface area contributed by atoms with Crippen molar-refractivity contribution in [1.82, 2.24) is 0 Å². The summed E-state index contributed by atoms with van der Waals surface area (Å²) in [6.07, 6.45) is 0. The van der Waals surface area contributed by atoms with Gasteiger partial charge in [-0.25, -0.2) is 4.79 Å². The van der Waals surface area contributed by atoms with E-state index in [9.17, 15) is 14.4 Å². The molecule has 0 unspecified atom stereocenters. The van der Waals surface area contributed by atoms with Crippen molar-refractivity contribution in [2.45, 2.75) is 20.5 Å². The number of carbonyl (C=O) groups excluding carboxylic acids is 3. The maximum Gasteiger partial charge on any atom is 0.338 e. The third kappa shape index (κ3) is 3.88. The molecule has 0 aliphatic heterocycles. The van der Waals surface area contributed by atoms with Crippen LogP contribution >= 0.6 is 0 Å². The van der Waals surface area contributed by atoms with Gasteiger partial charge in [0.2, 0.25) is 0 Å². The Morgan fingerprint density at radius 1 is 0.727 bits per heavy atom. The highest BCUT2D eigenvalue weighted by atomic mass is 16.5. The summed E-state index contributed by atoms with van der Waals surface area (Å²) >= 11 is 0. The fourth-order valence-electron chi connectivity index (χ4n) is 1.91. The summed E-state index contributed by atoms with van der Waals surface area (Å²) in [5.74, 6) is -0.509. The van der Waals surface area contributed by atoms with Crippen molar-refractivity contribution in [2.24, 2.45) is 0 Å². The van der Waals surface area contributed by atoms with Gasteiger partial charge in [0.15, 0.2) is 11.6 Å². The molecule has 4 heteroatoms. The molecule has 0 atom stereocenters. The molecule has 0 radical (unpaired) electrons. The van der Waals surface area contributed by atoms with Crippen molar-refractivity contribution in [1.29, 1.82) is 0 Å². The van der Waals surface area contributed by atoms with Crippen LogP contribution in [-0.2, 0) is 11.3 Å². The molecular weight excluding hydrogens is 280 g/mol. The smallest absolute Gasteiger partial charge is 0.338 e. The Bertz CT molecular complexity index is 697. The highest BCUT2D eigenvalue weighted by molar-refractivity contribution is 5.96. The van der Waals surface area contributed by atoms with Crippen LogP contribution in [0.3, 0.4) is 0 Å². The van der Waals surface area contributed by atoms with Crippen LogP contribution in [0.15, 0.2) is 48.5 Å². The highest BCUT2D eigenvalue weighted by Gasteiger charge is 2.08. The largest absolute Gasteiger partial charge is 0.457 e.